The predicted octanol–water partition coefficient (Wildman–Crippen LogP) is -2.08. The van der Waals surface area contributed by atoms with E-state index >= 15 is 0 Å². The average Bonchev–Trinajstić information content (AvgIpc) is 2.25. The minimum atomic E-state index is -2.41. The second-order valence-corrected chi connectivity index (χ2v) is 3.45. The molecule has 5 nitrogen and oxygen atoms in total. The van der Waals surface area contributed by atoms with Crippen LogP contribution in [-0.2, 0) is 15.8 Å². The second-order valence-electron chi connectivity index (χ2n) is 2.57. The molecule has 0 N–H and O–H groups in total. The van der Waals surface area contributed by atoms with E-state index in [0.717, 1.165) is 0 Å². The first-order chi connectivity index (χ1) is 7.20. The van der Waals surface area contributed by atoms with Gasteiger partial charge in [-0.3, -0.25) is 4.21 Å². The molecule has 1 rings (SSSR count). The summed E-state index contributed by atoms with van der Waals surface area (Å²) in [5, 5.41) is 0. The number of hydrogen-bond acceptors (Lipinski definition) is 5. The Morgan fingerprint density at radius 3 is 2.44 bits per heavy atom. The Kier molecular flexibility index (Phi) is 7.46. The van der Waals surface area contributed by atoms with Crippen molar-refractivity contribution in [3.63, 3.8) is 0 Å². The third kappa shape index (κ3) is 3.81. The predicted molar refractivity (Wildman–Crippen MR) is 52.7 cm³/mol. The van der Waals surface area contributed by atoms with E-state index in [4.69, 9.17) is 9.47 Å². The number of rotatable bonds is 5. The third-order valence-electron chi connectivity index (χ3n) is 1.66. The van der Waals surface area contributed by atoms with E-state index in [1.165, 1.54) is 20.3 Å². The van der Waals surface area contributed by atoms with Gasteiger partial charge in [-0.25, -0.2) is 0 Å². The molecule has 0 spiro atoms. The van der Waals surface area contributed by atoms with E-state index in [2.05, 4.69) is 4.74 Å². The minimum Gasteiger partial charge on any atom is -0.768 e. The fraction of sp³-hybridized carbons (Fsp3) is 0.333. The maximum atomic E-state index is 11.0. The Morgan fingerprint density at radius 1 is 1.31 bits per heavy atom. The maximum Gasteiger partial charge on any atom is 1.00 e. The SMILES string of the molecule is COCOc1cccc(OC)c1S(=O)[O-].[Li+]. The summed E-state index contributed by atoms with van der Waals surface area (Å²) in [5.74, 6) is 0.460. The van der Waals surface area contributed by atoms with Crippen molar-refractivity contribution in [3.8, 4) is 11.5 Å². The van der Waals surface area contributed by atoms with Crippen LogP contribution in [0.4, 0.5) is 0 Å². The topological polar surface area (TPSA) is 67.8 Å². The second kappa shape index (κ2) is 7.71. The van der Waals surface area contributed by atoms with E-state index in [1.54, 1.807) is 12.1 Å². The molecule has 0 heterocycles. The van der Waals surface area contributed by atoms with Crippen LogP contribution in [0.25, 0.3) is 0 Å². The van der Waals surface area contributed by atoms with Gasteiger partial charge in [-0.05, 0) is 23.2 Å². The molecule has 0 aliphatic heterocycles. The molecule has 0 amide bonds. The number of hydrogen-bond donors (Lipinski definition) is 0. The van der Waals surface area contributed by atoms with Crippen molar-refractivity contribution < 1.29 is 41.8 Å². The van der Waals surface area contributed by atoms with Crippen LogP contribution >= 0.6 is 0 Å². The summed E-state index contributed by atoms with van der Waals surface area (Å²) in [5.41, 5.74) is 0. The van der Waals surface area contributed by atoms with Crippen molar-refractivity contribution in [2.45, 2.75) is 4.90 Å². The quantitative estimate of drug-likeness (QED) is 0.334. The van der Waals surface area contributed by atoms with Gasteiger partial charge in [0, 0.05) is 7.11 Å². The number of ether oxygens (including phenoxy) is 3. The summed E-state index contributed by atoms with van der Waals surface area (Å²) < 4.78 is 36.6. The Morgan fingerprint density at radius 2 is 1.94 bits per heavy atom. The Balaban J connectivity index is 0.00000225. The molecule has 7 heteroatoms. The zero-order valence-corrected chi connectivity index (χ0v) is 10.2. The monoisotopic (exact) mass is 238 g/mol. The average molecular weight is 238 g/mol. The van der Waals surface area contributed by atoms with Gasteiger partial charge in [0.05, 0.1) is 7.11 Å². The summed E-state index contributed by atoms with van der Waals surface area (Å²) in [7, 11) is 2.85. The third-order valence-corrected chi connectivity index (χ3v) is 2.40. The molecule has 0 bridgehead atoms. The molecule has 0 saturated carbocycles. The molecule has 1 aromatic carbocycles. The molecule has 16 heavy (non-hydrogen) atoms. The molecule has 0 aliphatic rings. The van der Waals surface area contributed by atoms with E-state index in [1.807, 2.05) is 0 Å². The molecule has 84 valence electrons. The molecule has 1 unspecified atom stereocenters. The summed E-state index contributed by atoms with van der Waals surface area (Å²) in [4.78, 5) is -0.00273. The van der Waals surface area contributed by atoms with Gasteiger partial charge >= 0.3 is 18.9 Å². The van der Waals surface area contributed by atoms with E-state index in [-0.39, 0.29) is 42.0 Å². The van der Waals surface area contributed by atoms with Crippen LogP contribution in [-0.4, -0.2) is 29.8 Å². The maximum absolute atomic E-state index is 11.0. The standard InChI is InChI=1S/C9H12O5S.Li/c1-12-6-14-8-5-3-4-7(13-2)9(8)15(10)11;/h3-5H,6H2,1-2H3,(H,10,11);/q;+1/p-1. The van der Waals surface area contributed by atoms with Gasteiger partial charge in [-0.2, -0.15) is 0 Å². The molecule has 1 atom stereocenters. The zero-order valence-electron chi connectivity index (χ0n) is 9.39. The summed E-state index contributed by atoms with van der Waals surface area (Å²) >= 11 is -2.41. The van der Waals surface area contributed by atoms with Crippen molar-refractivity contribution >= 4 is 11.1 Å². The van der Waals surface area contributed by atoms with Crippen LogP contribution in [0, 0.1) is 0 Å². The molecular formula is C9H11LiO5S. The first-order valence-electron chi connectivity index (χ1n) is 4.08. The molecule has 1 aromatic rings. The van der Waals surface area contributed by atoms with Crippen molar-refractivity contribution in [2.24, 2.45) is 0 Å². The normalized spacial score (nSPS) is 11.4. The van der Waals surface area contributed by atoms with E-state index in [9.17, 15) is 8.76 Å². The first kappa shape index (κ1) is 15.5. The Labute approximate surface area is 109 Å². The van der Waals surface area contributed by atoms with E-state index < -0.39 is 11.1 Å². The first-order valence-corrected chi connectivity index (χ1v) is 5.16. The zero-order chi connectivity index (χ0) is 11.3. The van der Waals surface area contributed by atoms with Gasteiger partial charge in [0.1, 0.15) is 16.4 Å². The van der Waals surface area contributed by atoms with Crippen LogP contribution in [0.2, 0.25) is 0 Å². The van der Waals surface area contributed by atoms with Gasteiger partial charge in [0.15, 0.2) is 6.79 Å². The van der Waals surface area contributed by atoms with Crippen molar-refractivity contribution in [1.29, 1.82) is 0 Å². The number of methoxy groups -OCH3 is 2. The molecule has 0 radical (unpaired) electrons. The van der Waals surface area contributed by atoms with Crippen molar-refractivity contribution in [3.05, 3.63) is 18.2 Å². The van der Waals surface area contributed by atoms with Crippen molar-refractivity contribution in [2.75, 3.05) is 21.0 Å². The van der Waals surface area contributed by atoms with Crippen LogP contribution in [0.1, 0.15) is 0 Å². The van der Waals surface area contributed by atoms with Gasteiger partial charge in [-0.15, -0.1) is 0 Å². The molecule has 0 saturated heterocycles. The van der Waals surface area contributed by atoms with Crippen molar-refractivity contribution in [1.82, 2.24) is 0 Å². The summed E-state index contributed by atoms with van der Waals surface area (Å²) in [6, 6.07) is 4.72. The largest absolute Gasteiger partial charge is 1.00 e. The fourth-order valence-corrected chi connectivity index (χ4v) is 1.66. The van der Waals surface area contributed by atoms with Gasteiger partial charge in [0.25, 0.3) is 0 Å². The fourth-order valence-electron chi connectivity index (χ4n) is 1.06. The van der Waals surface area contributed by atoms with Crippen LogP contribution in [0.3, 0.4) is 0 Å². The molecule has 0 aromatic heterocycles. The van der Waals surface area contributed by atoms with Gasteiger partial charge < -0.3 is 18.8 Å². The van der Waals surface area contributed by atoms with Gasteiger partial charge in [-0.1, -0.05) is 6.07 Å². The Bertz CT molecular complexity index is 358. The molecule has 0 fully saturated rings. The molecular weight excluding hydrogens is 227 g/mol. The Hall–Kier alpha value is -0.513. The smallest absolute Gasteiger partial charge is 0.768 e. The van der Waals surface area contributed by atoms with Crippen LogP contribution in [0.15, 0.2) is 23.1 Å². The summed E-state index contributed by atoms with van der Waals surface area (Å²) in [6.07, 6.45) is 0. The summed E-state index contributed by atoms with van der Waals surface area (Å²) in [6.45, 7) is -0.0165. The van der Waals surface area contributed by atoms with Gasteiger partial charge in [0.2, 0.25) is 0 Å². The molecule has 0 aliphatic carbocycles. The van der Waals surface area contributed by atoms with Crippen LogP contribution < -0.4 is 28.3 Å². The minimum absolute atomic E-state index is 0. The van der Waals surface area contributed by atoms with E-state index in [0.29, 0.717) is 0 Å². The van der Waals surface area contributed by atoms with Crippen LogP contribution in [0.5, 0.6) is 11.5 Å². The number of benzene rings is 1.